The molecule has 0 aliphatic carbocycles. The number of aromatic amines is 1. The van der Waals surface area contributed by atoms with Gasteiger partial charge in [-0.25, -0.2) is 0 Å². The van der Waals surface area contributed by atoms with Crippen molar-refractivity contribution in [1.29, 1.82) is 0 Å². The molecule has 0 unspecified atom stereocenters. The largest absolute Gasteiger partial charge is 0.481 e. The van der Waals surface area contributed by atoms with Crippen LogP contribution in [0.1, 0.15) is 41.0 Å². The summed E-state index contributed by atoms with van der Waals surface area (Å²) in [5.74, 6) is -1.43. The minimum atomic E-state index is -1.02. The van der Waals surface area contributed by atoms with Crippen molar-refractivity contribution in [2.45, 2.75) is 33.1 Å². The lowest BCUT2D eigenvalue weighted by Gasteiger charge is -2.20. The van der Waals surface area contributed by atoms with E-state index in [4.69, 9.17) is 0 Å². The van der Waals surface area contributed by atoms with Crippen LogP contribution >= 0.6 is 0 Å². The molecule has 0 aliphatic heterocycles. The van der Waals surface area contributed by atoms with Crippen molar-refractivity contribution in [1.82, 2.24) is 4.98 Å². The van der Waals surface area contributed by atoms with E-state index in [0.29, 0.717) is 22.5 Å². The number of aliphatic carboxylic acids is 1. The van der Waals surface area contributed by atoms with Gasteiger partial charge in [0.1, 0.15) is 5.56 Å². The van der Waals surface area contributed by atoms with Crippen LogP contribution in [0.15, 0.2) is 35.1 Å². The van der Waals surface area contributed by atoms with E-state index in [9.17, 15) is 19.5 Å². The van der Waals surface area contributed by atoms with Gasteiger partial charge < -0.3 is 15.4 Å². The quantitative estimate of drug-likeness (QED) is 0.803. The first-order valence-corrected chi connectivity index (χ1v) is 7.48. The van der Waals surface area contributed by atoms with E-state index < -0.39 is 22.9 Å². The van der Waals surface area contributed by atoms with Crippen molar-refractivity contribution in [2.24, 2.45) is 0 Å². The molecule has 0 aliphatic rings. The first kappa shape index (κ1) is 17.5. The number of anilines is 1. The number of hydrogen-bond donors (Lipinski definition) is 3. The van der Waals surface area contributed by atoms with E-state index in [1.54, 1.807) is 58.0 Å². The molecule has 2 rings (SSSR count). The Labute approximate surface area is 139 Å². The fraction of sp³-hybridized carbons (Fsp3) is 0.278. The zero-order valence-electron chi connectivity index (χ0n) is 14.1. The van der Waals surface area contributed by atoms with Gasteiger partial charge in [-0.05, 0) is 57.0 Å². The van der Waals surface area contributed by atoms with Crippen LogP contribution in [0.4, 0.5) is 5.69 Å². The highest BCUT2D eigenvalue weighted by atomic mass is 16.4. The zero-order valence-corrected chi connectivity index (χ0v) is 14.1. The molecule has 3 N–H and O–H groups in total. The van der Waals surface area contributed by atoms with Crippen LogP contribution in [-0.4, -0.2) is 22.0 Å². The predicted octanol–water partition coefficient (Wildman–Crippen LogP) is 2.61. The summed E-state index contributed by atoms with van der Waals surface area (Å²) < 4.78 is 0. The summed E-state index contributed by atoms with van der Waals surface area (Å²) in [5, 5.41) is 11.9. The van der Waals surface area contributed by atoms with Gasteiger partial charge >= 0.3 is 5.97 Å². The molecule has 6 nitrogen and oxygen atoms in total. The molecular formula is C18H20N2O4. The number of carbonyl (C=O) groups is 2. The molecule has 24 heavy (non-hydrogen) atoms. The van der Waals surface area contributed by atoms with E-state index >= 15 is 0 Å². The third-order valence-electron chi connectivity index (χ3n) is 3.99. The number of hydrogen-bond acceptors (Lipinski definition) is 3. The number of aromatic nitrogens is 1. The second kappa shape index (κ2) is 6.31. The molecule has 0 bridgehead atoms. The fourth-order valence-corrected chi connectivity index (χ4v) is 2.42. The molecule has 0 radical (unpaired) electrons. The number of H-pyrrole nitrogens is 1. The normalized spacial score (nSPS) is 11.2. The van der Waals surface area contributed by atoms with E-state index in [2.05, 4.69) is 10.3 Å². The Morgan fingerprint density at radius 1 is 1.12 bits per heavy atom. The molecule has 2 aromatic rings. The second-order valence-electron chi connectivity index (χ2n) is 6.30. The predicted molar refractivity (Wildman–Crippen MR) is 91.6 cm³/mol. The van der Waals surface area contributed by atoms with Crippen molar-refractivity contribution >= 4 is 17.6 Å². The summed E-state index contributed by atoms with van der Waals surface area (Å²) in [7, 11) is 0. The third-order valence-corrected chi connectivity index (χ3v) is 3.99. The highest BCUT2D eigenvalue weighted by Gasteiger charge is 2.29. The molecule has 0 fully saturated rings. The average molecular weight is 328 g/mol. The maximum absolute atomic E-state index is 12.3. The summed E-state index contributed by atoms with van der Waals surface area (Å²) in [4.78, 5) is 38.2. The first-order valence-electron chi connectivity index (χ1n) is 7.48. The highest BCUT2D eigenvalue weighted by molar-refractivity contribution is 6.05. The third kappa shape index (κ3) is 3.37. The standard InChI is InChI=1S/C18H20N2O4/c1-10-9-11(2)19-15(21)14(10)16(22)20-13-7-5-12(6-8-13)18(3,4)17(23)24/h5-9H,1-4H3,(H,19,21)(H,20,22)(H,23,24). The highest BCUT2D eigenvalue weighted by Crippen LogP contribution is 2.25. The Kier molecular flexibility index (Phi) is 4.59. The number of rotatable bonds is 4. The van der Waals surface area contributed by atoms with Crippen LogP contribution in [0, 0.1) is 13.8 Å². The van der Waals surface area contributed by atoms with Crippen LogP contribution in [0.3, 0.4) is 0 Å². The number of benzene rings is 1. The number of carboxylic acids is 1. The fourth-order valence-electron chi connectivity index (χ4n) is 2.42. The number of pyridine rings is 1. The molecule has 0 saturated carbocycles. The number of nitrogens with one attached hydrogen (secondary N) is 2. The summed E-state index contributed by atoms with van der Waals surface area (Å²) in [6, 6.07) is 8.27. The van der Waals surface area contributed by atoms with Gasteiger partial charge in [-0.15, -0.1) is 0 Å². The van der Waals surface area contributed by atoms with Crippen LogP contribution in [-0.2, 0) is 10.2 Å². The van der Waals surface area contributed by atoms with Crippen LogP contribution in [0.2, 0.25) is 0 Å². The van der Waals surface area contributed by atoms with E-state index in [1.807, 2.05) is 0 Å². The first-order chi connectivity index (χ1) is 11.1. The SMILES string of the molecule is Cc1cc(C)c(C(=O)Nc2ccc(C(C)(C)C(=O)O)cc2)c(=O)[nH]1. The van der Waals surface area contributed by atoms with Crippen molar-refractivity contribution in [3.8, 4) is 0 Å². The molecule has 1 amide bonds. The van der Waals surface area contributed by atoms with Gasteiger partial charge in [0.05, 0.1) is 5.41 Å². The average Bonchev–Trinajstić information content (AvgIpc) is 2.46. The molecule has 1 aromatic heterocycles. The minimum absolute atomic E-state index is 0.0653. The number of aryl methyl sites for hydroxylation is 2. The van der Waals surface area contributed by atoms with Gasteiger partial charge in [-0.3, -0.25) is 14.4 Å². The lowest BCUT2D eigenvalue weighted by Crippen LogP contribution is -2.28. The van der Waals surface area contributed by atoms with Crippen molar-refractivity contribution < 1.29 is 14.7 Å². The van der Waals surface area contributed by atoms with E-state index in [0.717, 1.165) is 0 Å². The molecule has 0 spiro atoms. The zero-order chi connectivity index (χ0) is 18.1. The minimum Gasteiger partial charge on any atom is -0.481 e. The number of amides is 1. The van der Waals surface area contributed by atoms with E-state index in [-0.39, 0.29) is 5.56 Å². The smallest absolute Gasteiger partial charge is 0.313 e. The maximum atomic E-state index is 12.3. The van der Waals surface area contributed by atoms with Crippen LogP contribution in [0.25, 0.3) is 0 Å². The molecule has 6 heteroatoms. The number of carbonyl (C=O) groups excluding carboxylic acids is 1. The monoisotopic (exact) mass is 328 g/mol. The van der Waals surface area contributed by atoms with Crippen LogP contribution < -0.4 is 10.9 Å². The Hall–Kier alpha value is -2.89. The summed E-state index contributed by atoms with van der Waals surface area (Å²) >= 11 is 0. The van der Waals surface area contributed by atoms with E-state index in [1.165, 1.54) is 0 Å². The van der Waals surface area contributed by atoms with Gasteiger partial charge in [0.2, 0.25) is 0 Å². The molecule has 1 aromatic carbocycles. The molecule has 0 atom stereocenters. The van der Waals surface area contributed by atoms with Gasteiger partial charge in [0.15, 0.2) is 0 Å². The molecular weight excluding hydrogens is 308 g/mol. The van der Waals surface area contributed by atoms with Gasteiger partial charge in [-0.2, -0.15) is 0 Å². The van der Waals surface area contributed by atoms with Crippen molar-refractivity contribution in [2.75, 3.05) is 5.32 Å². The molecule has 126 valence electrons. The summed E-state index contributed by atoms with van der Waals surface area (Å²) in [6.07, 6.45) is 0. The van der Waals surface area contributed by atoms with Gasteiger partial charge in [0, 0.05) is 11.4 Å². The Bertz CT molecular complexity index is 848. The Balaban J connectivity index is 2.25. The Morgan fingerprint density at radius 3 is 2.21 bits per heavy atom. The van der Waals surface area contributed by atoms with Crippen molar-refractivity contribution in [3.63, 3.8) is 0 Å². The topological polar surface area (TPSA) is 99.3 Å². The van der Waals surface area contributed by atoms with Crippen LogP contribution in [0.5, 0.6) is 0 Å². The maximum Gasteiger partial charge on any atom is 0.313 e. The van der Waals surface area contributed by atoms with Gasteiger partial charge in [0.25, 0.3) is 11.5 Å². The molecule has 0 saturated heterocycles. The second-order valence-corrected chi connectivity index (χ2v) is 6.30. The number of carboxylic acid groups (broad SMARTS) is 1. The lowest BCUT2D eigenvalue weighted by atomic mass is 9.85. The summed E-state index contributed by atoms with van der Waals surface area (Å²) in [5.41, 5.74) is 1.00. The lowest BCUT2D eigenvalue weighted by molar-refractivity contribution is -0.142. The van der Waals surface area contributed by atoms with Crippen molar-refractivity contribution in [3.05, 3.63) is 63.1 Å². The van der Waals surface area contributed by atoms with Gasteiger partial charge in [-0.1, -0.05) is 12.1 Å². The Morgan fingerprint density at radius 2 is 1.71 bits per heavy atom. The molecule has 1 heterocycles. The summed E-state index contributed by atoms with van der Waals surface area (Å²) in [6.45, 7) is 6.67.